The summed E-state index contributed by atoms with van der Waals surface area (Å²) in [6, 6.07) is 22.8. The molecular weight excluding hydrogens is 420 g/mol. The van der Waals surface area contributed by atoms with Crippen molar-refractivity contribution in [1.82, 2.24) is 0 Å². The first-order valence-electron chi connectivity index (χ1n) is 6.97. The average Bonchev–Trinajstić information content (AvgIpc) is 2.59. The van der Waals surface area contributed by atoms with E-state index >= 15 is 0 Å². The summed E-state index contributed by atoms with van der Waals surface area (Å²) in [7, 11) is 0. The Bertz CT molecular complexity index is 807. The van der Waals surface area contributed by atoms with E-state index in [1.165, 1.54) is 0 Å². The summed E-state index contributed by atoms with van der Waals surface area (Å²) < 4.78 is 6.96. The molecule has 0 aromatic heterocycles. The molecule has 0 unspecified atom stereocenters. The number of esters is 1. The predicted molar refractivity (Wildman–Crippen MR) is 98.7 cm³/mol. The smallest absolute Gasteiger partial charge is 0.343 e. The van der Waals surface area contributed by atoms with Gasteiger partial charge in [-0.2, -0.15) is 0 Å². The molecule has 0 bridgehead atoms. The van der Waals surface area contributed by atoms with Crippen LogP contribution in [-0.4, -0.2) is 5.97 Å². The topological polar surface area (TPSA) is 26.3 Å². The summed E-state index contributed by atoms with van der Waals surface area (Å²) in [5, 5.41) is 0. The van der Waals surface area contributed by atoms with E-state index in [-0.39, 0.29) is 5.97 Å². The Hall–Kier alpha value is -1.91. The zero-order chi connectivity index (χ0) is 16.2. The summed E-state index contributed by atoms with van der Waals surface area (Å²) in [4.78, 5) is 12.2. The molecule has 0 atom stereocenters. The fourth-order valence-electron chi connectivity index (χ4n) is 2.18. The first kappa shape index (κ1) is 16.0. The molecule has 3 aromatic rings. The fourth-order valence-corrected chi connectivity index (χ4v) is 3.53. The minimum Gasteiger partial charge on any atom is -0.421 e. The first-order valence-corrected chi connectivity index (χ1v) is 8.55. The van der Waals surface area contributed by atoms with Gasteiger partial charge in [-0.25, -0.2) is 4.79 Å². The van der Waals surface area contributed by atoms with Crippen LogP contribution in [0.4, 0.5) is 0 Å². The highest BCUT2D eigenvalue weighted by molar-refractivity contribution is 9.11. The molecule has 0 fully saturated rings. The minimum absolute atomic E-state index is 0.389. The number of benzene rings is 3. The highest BCUT2D eigenvalue weighted by atomic mass is 79.9. The maximum Gasteiger partial charge on any atom is 0.343 e. The Balaban J connectivity index is 1.91. The predicted octanol–water partition coefficient (Wildman–Crippen LogP) is 6.10. The van der Waals surface area contributed by atoms with Gasteiger partial charge in [0.2, 0.25) is 0 Å². The molecule has 0 spiro atoms. The maximum atomic E-state index is 12.2. The highest BCUT2D eigenvalue weighted by Gasteiger charge is 2.15. The normalized spacial score (nSPS) is 10.3. The summed E-state index contributed by atoms with van der Waals surface area (Å²) >= 11 is 6.98. The quantitative estimate of drug-likeness (QED) is 0.370. The molecule has 0 aliphatic carbocycles. The zero-order valence-electron chi connectivity index (χ0n) is 12.0. The second kappa shape index (κ2) is 7.11. The third-order valence-electron chi connectivity index (χ3n) is 3.31. The van der Waals surface area contributed by atoms with Crippen molar-refractivity contribution in [2.45, 2.75) is 0 Å². The third kappa shape index (κ3) is 3.71. The molecular formula is C19H12Br2O2. The van der Waals surface area contributed by atoms with Gasteiger partial charge in [0.05, 0.1) is 14.5 Å². The maximum absolute atomic E-state index is 12.2. The van der Waals surface area contributed by atoms with E-state index in [9.17, 15) is 4.79 Å². The molecule has 0 saturated carbocycles. The van der Waals surface area contributed by atoms with E-state index in [4.69, 9.17) is 4.74 Å². The molecule has 0 heterocycles. The molecule has 0 aliphatic rings. The molecule has 3 aromatic carbocycles. The van der Waals surface area contributed by atoms with E-state index in [1.54, 1.807) is 24.3 Å². The molecule has 0 amide bonds. The van der Waals surface area contributed by atoms with Crippen LogP contribution in [0.5, 0.6) is 5.75 Å². The van der Waals surface area contributed by atoms with Gasteiger partial charge in [-0.15, -0.1) is 0 Å². The molecule has 0 N–H and O–H groups in total. The lowest BCUT2D eigenvalue weighted by Crippen LogP contribution is -2.09. The van der Waals surface area contributed by atoms with Gasteiger partial charge in [0, 0.05) is 0 Å². The number of ether oxygens (including phenoxy) is 1. The standard InChI is InChI=1S/C19H12Br2O2/c20-16-11-15(13-7-3-1-4-8-13)12-17(21)18(16)23-19(22)14-9-5-2-6-10-14/h1-12H. The van der Waals surface area contributed by atoms with Gasteiger partial charge in [-0.1, -0.05) is 48.5 Å². The number of halogens is 2. The van der Waals surface area contributed by atoms with Crippen molar-refractivity contribution in [3.05, 3.63) is 87.3 Å². The number of carbonyl (C=O) groups is 1. The molecule has 0 saturated heterocycles. The van der Waals surface area contributed by atoms with Crippen LogP contribution in [-0.2, 0) is 0 Å². The van der Waals surface area contributed by atoms with Crippen molar-refractivity contribution in [3.63, 3.8) is 0 Å². The van der Waals surface area contributed by atoms with E-state index in [2.05, 4.69) is 31.9 Å². The molecule has 2 nitrogen and oxygen atoms in total. The summed E-state index contributed by atoms with van der Waals surface area (Å²) in [6.45, 7) is 0. The summed E-state index contributed by atoms with van der Waals surface area (Å²) in [5.41, 5.74) is 2.64. The van der Waals surface area contributed by atoms with Crippen LogP contribution in [0.25, 0.3) is 11.1 Å². The zero-order valence-corrected chi connectivity index (χ0v) is 15.2. The summed E-state index contributed by atoms with van der Waals surface area (Å²) in [5.74, 6) is 0.0815. The van der Waals surface area contributed by atoms with Crippen LogP contribution in [0.15, 0.2) is 81.7 Å². The second-order valence-corrected chi connectivity index (χ2v) is 6.60. The highest BCUT2D eigenvalue weighted by Crippen LogP contribution is 2.38. The van der Waals surface area contributed by atoms with Crippen LogP contribution in [0.3, 0.4) is 0 Å². The number of hydrogen-bond donors (Lipinski definition) is 0. The minimum atomic E-state index is -0.389. The Morgan fingerprint density at radius 2 is 1.26 bits per heavy atom. The van der Waals surface area contributed by atoms with Crippen LogP contribution in [0.2, 0.25) is 0 Å². The number of carbonyl (C=O) groups excluding carboxylic acids is 1. The Morgan fingerprint density at radius 3 is 1.83 bits per heavy atom. The fraction of sp³-hybridized carbons (Fsp3) is 0. The lowest BCUT2D eigenvalue weighted by molar-refractivity contribution is 0.0732. The van der Waals surface area contributed by atoms with Gasteiger partial charge in [-0.05, 0) is 67.3 Å². The van der Waals surface area contributed by atoms with E-state index in [0.29, 0.717) is 11.3 Å². The van der Waals surface area contributed by atoms with Gasteiger partial charge >= 0.3 is 5.97 Å². The Labute approximate surface area is 151 Å². The van der Waals surface area contributed by atoms with Crippen molar-refractivity contribution in [1.29, 1.82) is 0 Å². The van der Waals surface area contributed by atoms with Crippen molar-refractivity contribution in [2.75, 3.05) is 0 Å². The lowest BCUT2D eigenvalue weighted by Gasteiger charge is -2.11. The third-order valence-corrected chi connectivity index (χ3v) is 4.49. The van der Waals surface area contributed by atoms with Crippen molar-refractivity contribution in [2.24, 2.45) is 0 Å². The lowest BCUT2D eigenvalue weighted by atomic mass is 10.1. The van der Waals surface area contributed by atoms with Crippen LogP contribution >= 0.6 is 31.9 Å². The van der Waals surface area contributed by atoms with E-state index in [1.807, 2.05) is 48.5 Å². The monoisotopic (exact) mass is 430 g/mol. The van der Waals surface area contributed by atoms with Gasteiger partial charge in [0.1, 0.15) is 0 Å². The van der Waals surface area contributed by atoms with Crippen LogP contribution < -0.4 is 4.74 Å². The molecule has 4 heteroatoms. The van der Waals surface area contributed by atoms with E-state index < -0.39 is 0 Å². The average molecular weight is 432 g/mol. The Morgan fingerprint density at radius 1 is 0.739 bits per heavy atom. The van der Waals surface area contributed by atoms with Gasteiger partial charge in [-0.3, -0.25) is 0 Å². The second-order valence-electron chi connectivity index (χ2n) is 4.89. The van der Waals surface area contributed by atoms with Crippen molar-refractivity contribution >= 4 is 37.8 Å². The largest absolute Gasteiger partial charge is 0.421 e. The van der Waals surface area contributed by atoms with Crippen molar-refractivity contribution in [3.8, 4) is 16.9 Å². The van der Waals surface area contributed by atoms with Gasteiger partial charge in [0.15, 0.2) is 5.75 Å². The van der Waals surface area contributed by atoms with Crippen LogP contribution in [0.1, 0.15) is 10.4 Å². The molecule has 23 heavy (non-hydrogen) atoms. The number of hydrogen-bond acceptors (Lipinski definition) is 2. The molecule has 0 aliphatic heterocycles. The summed E-state index contributed by atoms with van der Waals surface area (Å²) in [6.07, 6.45) is 0. The molecule has 3 rings (SSSR count). The van der Waals surface area contributed by atoms with Gasteiger partial charge < -0.3 is 4.74 Å². The molecule has 0 radical (unpaired) electrons. The number of rotatable bonds is 3. The first-order chi connectivity index (χ1) is 11.1. The van der Waals surface area contributed by atoms with Crippen LogP contribution in [0, 0.1) is 0 Å². The van der Waals surface area contributed by atoms with E-state index in [0.717, 1.165) is 20.1 Å². The molecule has 114 valence electrons. The Kier molecular flexibility index (Phi) is 4.94. The van der Waals surface area contributed by atoms with Gasteiger partial charge in [0.25, 0.3) is 0 Å². The van der Waals surface area contributed by atoms with Crippen molar-refractivity contribution < 1.29 is 9.53 Å². The SMILES string of the molecule is O=C(Oc1c(Br)cc(-c2ccccc2)cc1Br)c1ccccc1.